The molecule has 2 saturated heterocycles. The van der Waals surface area contributed by atoms with Crippen molar-refractivity contribution in [3.05, 3.63) is 13.2 Å². The van der Waals surface area contributed by atoms with E-state index in [0.29, 0.717) is 11.8 Å². The summed E-state index contributed by atoms with van der Waals surface area (Å²) in [7, 11) is 0. The van der Waals surface area contributed by atoms with Crippen LogP contribution in [0.25, 0.3) is 0 Å². The number of hydrogen-bond acceptors (Lipinski definition) is 2. The second-order valence-corrected chi connectivity index (χ2v) is 2.27. The molecule has 2 nitrogen and oxygen atoms in total. The molecule has 0 aromatic heterocycles. The van der Waals surface area contributed by atoms with Crippen LogP contribution in [-0.2, 0) is 9.47 Å². The van der Waals surface area contributed by atoms with E-state index < -0.39 is 0 Å². The molecule has 2 heteroatoms. The first-order valence-corrected chi connectivity index (χ1v) is 2.87. The van der Waals surface area contributed by atoms with Gasteiger partial charge < -0.3 is 9.47 Å². The van der Waals surface area contributed by atoms with Crippen molar-refractivity contribution in [2.24, 2.45) is 11.8 Å². The Balaban J connectivity index is 2.04. The Bertz CT molecular complexity index is 72.5. The number of rotatable bonds is 0. The van der Waals surface area contributed by atoms with Gasteiger partial charge in [-0.15, -0.1) is 0 Å². The van der Waals surface area contributed by atoms with Crippen LogP contribution >= 0.6 is 0 Å². The zero-order chi connectivity index (χ0) is 5.40. The fraction of sp³-hybridized carbons (Fsp3) is 0.667. The normalized spacial score (nSPS) is 45.0. The number of fused-ring (bicyclic) bond motifs is 1. The molecule has 2 unspecified atom stereocenters. The van der Waals surface area contributed by atoms with Crippen molar-refractivity contribution in [2.45, 2.75) is 0 Å². The molecule has 0 N–H and O–H groups in total. The minimum Gasteiger partial charge on any atom is -0.381 e. The van der Waals surface area contributed by atoms with E-state index >= 15 is 0 Å². The third kappa shape index (κ3) is 0.565. The van der Waals surface area contributed by atoms with Crippen LogP contribution in [0.5, 0.6) is 0 Å². The smallest absolute Gasteiger partial charge is 0.0900 e. The lowest BCUT2D eigenvalue weighted by Gasteiger charge is -1.96. The molecule has 2 radical (unpaired) electrons. The van der Waals surface area contributed by atoms with E-state index in [2.05, 4.69) is 0 Å². The van der Waals surface area contributed by atoms with Crippen molar-refractivity contribution >= 4 is 0 Å². The molecule has 2 rings (SSSR count). The second kappa shape index (κ2) is 1.71. The molecule has 0 saturated carbocycles. The standard InChI is InChI=1S/C6H8O2/c1-5-2-8-4-6(5)3-7-1/h1,3,5-6H,2,4H2. The summed E-state index contributed by atoms with van der Waals surface area (Å²) in [5, 5.41) is 0. The minimum atomic E-state index is 0.551. The third-order valence-electron chi connectivity index (χ3n) is 1.68. The Morgan fingerprint density at radius 1 is 1.12 bits per heavy atom. The maximum Gasteiger partial charge on any atom is 0.0900 e. The van der Waals surface area contributed by atoms with Gasteiger partial charge in [0.2, 0.25) is 0 Å². The summed E-state index contributed by atoms with van der Waals surface area (Å²) in [6, 6.07) is 0. The number of hydrogen-bond donors (Lipinski definition) is 0. The van der Waals surface area contributed by atoms with Crippen LogP contribution in [0.1, 0.15) is 0 Å². The second-order valence-electron chi connectivity index (χ2n) is 2.27. The number of ether oxygens (including phenoxy) is 2. The van der Waals surface area contributed by atoms with E-state index in [-0.39, 0.29) is 0 Å². The van der Waals surface area contributed by atoms with Gasteiger partial charge in [-0.25, -0.2) is 0 Å². The van der Waals surface area contributed by atoms with Gasteiger partial charge in [0.15, 0.2) is 0 Å². The predicted molar refractivity (Wildman–Crippen MR) is 27.5 cm³/mol. The SMILES string of the molecule is [CH]1O[CH]C2COCC12. The lowest BCUT2D eigenvalue weighted by molar-refractivity contribution is 0.155. The van der Waals surface area contributed by atoms with E-state index in [1.807, 2.05) is 13.2 Å². The summed E-state index contributed by atoms with van der Waals surface area (Å²) in [6.07, 6.45) is 0. The van der Waals surface area contributed by atoms with E-state index in [1.54, 1.807) is 0 Å². The van der Waals surface area contributed by atoms with Gasteiger partial charge in [-0.3, -0.25) is 0 Å². The van der Waals surface area contributed by atoms with Gasteiger partial charge in [0.25, 0.3) is 0 Å². The molecule has 44 valence electrons. The summed E-state index contributed by atoms with van der Waals surface area (Å²) in [5.41, 5.74) is 0. The summed E-state index contributed by atoms with van der Waals surface area (Å²) in [6.45, 7) is 5.41. The van der Waals surface area contributed by atoms with Crippen LogP contribution in [0.3, 0.4) is 0 Å². The maximum atomic E-state index is 5.17. The van der Waals surface area contributed by atoms with E-state index in [0.717, 1.165) is 13.2 Å². The van der Waals surface area contributed by atoms with Gasteiger partial charge in [0.1, 0.15) is 0 Å². The molecule has 0 aromatic rings. The van der Waals surface area contributed by atoms with Crippen LogP contribution < -0.4 is 0 Å². The van der Waals surface area contributed by atoms with Crippen molar-refractivity contribution in [1.29, 1.82) is 0 Å². The summed E-state index contributed by atoms with van der Waals surface area (Å²) in [5.74, 6) is 1.10. The average Bonchev–Trinajstić information content (AvgIpc) is 2.15. The molecular weight excluding hydrogens is 104 g/mol. The molecule has 2 aliphatic rings. The van der Waals surface area contributed by atoms with Crippen LogP contribution in [0.2, 0.25) is 0 Å². The first-order valence-electron chi connectivity index (χ1n) is 2.87. The summed E-state index contributed by atoms with van der Waals surface area (Å²) < 4.78 is 10.2. The Hall–Kier alpha value is -0.0800. The van der Waals surface area contributed by atoms with E-state index in [4.69, 9.17) is 9.47 Å². The zero-order valence-corrected chi connectivity index (χ0v) is 4.54. The zero-order valence-electron chi connectivity index (χ0n) is 4.54. The maximum absolute atomic E-state index is 5.17. The molecule has 2 fully saturated rings. The minimum absolute atomic E-state index is 0.551. The Morgan fingerprint density at radius 2 is 1.75 bits per heavy atom. The largest absolute Gasteiger partial charge is 0.381 e. The molecule has 8 heavy (non-hydrogen) atoms. The monoisotopic (exact) mass is 112 g/mol. The molecule has 0 amide bonds. The van der Waals surface area contributed by atoms with Crippen LogP contribution in [0.4, 0.5) is 0 Å². The molecule has 0 aromatic carbocycles. The molecule has 0 spiro atoms. The quantitative estimate of drug-likeness (QED) is 0.457. The van der Waals surface area contributed by atoms with E-state index in [1.165, 1.54) is 0 Å². The highest BCUT2D eigenvalue weighted by Crippen LogP contribution is 2.32. The first kappa shape index (κ1) is 4.77. The lowest BCUT2D eigenvalue weighted by Crippen LogP contribution is -2.02. The Kier molecular flexibility index (Phi) is 1.02. The molecule has 2 atom stereocenters. The van der Waals surface area contributed by atoms with Crippen LogP contribution in [0.15, 0.2) is 0 Å². The van der Waals surface area contributed by atoms with Crippen molar-refractivity contribution in [3.63, 3.8) is 0 Å². The summed E-state index contributed by atoms with van der Waals surface area (Å²) >= 11 is 0. The Morgan fingerprint density at radius 3 is 2.38 bits per heavy atom. The highest BCUT2D eigenvalue weighted by Gasteiger charge is 2.34. The van der Waals surface area contributed by atoms with Crippen LogP contribution in [-0.4, -0.2) is 13.2 Å². The molecule has 2 heterocycles. The molecule has 2 aliphatic heterocycles. The lowest BCUT2D eigenvalue weighted by atomic mass is 10.0. The van der Waals surface area contributed by atoms with Crippen LogP contribution in [0, 0.1) is 25.0 Å². The van der Waals surface area contributed by atoms with Gasteiger partial charge in [-0.2, -0.15) is 0 Å². The highest BCUT2D eigenvalue weighted by atomic mass is 16.5. The molecule has 0 aliphatic carbocycles. The van der Waals surface area contributed by atoms with Gasteiger partial charge in [-0.05, 0) is 0 Å². The fourth-order valence-electron chi connectivity index (χ4n) is 1.11. The fourth-order valence-corrected chi connectivity index (χ4v) is 1.11. The topological polar surface area (TPSA) is 18.5 Å². The van der Waals surface area contributed by atoms with E-state index in [9.17, 15) is 0 Å². The Labute approximate surface area is 48.8 Å². The summed E-state index contributed by atoms with van der Waals surface area (Å²) in [4.78, 5) is 0. The first-order chi connectivity index (χ1) is 3.97. The van der Waals surface area contributed by atoms with Gasteiger partial charge >= 0.3 is 0 Å². The van der Waals surface area contributed by atoms with Crippen molar-refractivity contribution < 1.29 is 9.47 Å². The predicted octanol–water partition coefficient (Wildman–Crippen LogP) is 0.603. The van der Waals surface area contributed by atoms with Gasteiger partial charge in [-0.1, -0.05) is 0 Å². The van der Waals surface area contributed by atoms with Crippen molar-refractivity contribution in [1.82, 2.24) is 0 Å². The highest BCUT2D eigenvalue weighted by molar-refractivity contribution is 4.92. The molecule has 0 bridgehead atoms. The third-order valence-corrected chi connectivity index (χ3v) is 1.68. The molecular formula is C6H8O2. The van der Waals surface area contributed by atoms with Crippen molar-refractivity contribution in [2.75, 3.05) is 13.2 Å². The van der Waals surface area contributed by atoms with Gasteiger partial charge in [0, 0.05) is 11.8 Å². The van der Waals surface area contributed by atoms with Gasteiger partial charge in [0.05, 0.1) is 26.4 Å². The average molecular weight is 112 g/mol. The van der Waals surface area contributed by atoms with Crippen molar-refractivity contribution in [3.8, 4) is 0 Å².